The van der Waals surface area contributed by atoms with Crippen molar-refractivity contribution in [2.24, 2.45) is 15.0 Å². The fourth-order valence-electron chi connectivity index (χ4n) is 0.917. The van der Waals surface area contributed by atoms with Gasteiger partial charge in [0.25, 0.3) is 0 Å². The van der Waals surface area contributed by atoms with Gasteiger partial charge in [-0.05, 0) is 23.2 Å². The molecule has 0 saturated carbocycles. The van der Waals surface area contributed by atoms with E-state index in [1.807, 2.05) is 0 Å². The standard InChI is InChI=1S/C5H2Cl2N4S/c6-4-8-1-2(9-4)10-5(7)11-3(1)12/h1H,(H,8,9,10,11,12). The summed E-state index contributed by atoms with van der Waals surface area (Å²) >= 11 is 16.1. The van der Waals surface area contributed by atoms with Crippen LogP contribution in [0.1, 0.15) is 0 Å². The van der Waals surface area contributed by atoms with Gasteiger partial charge in [-0.1, -0.05) is 12.2 Å². The van der Waals surface area contributed by atoms with Crippen LogP contribution < -0.4 is 5.32 Å². The van der Waals surface area contributed by atoms with E-state index in [0.29, 0.717) is 10.8 Å². The predicted molar refractivity (Wildman–Crippen MR) is 53.5 cm³/mol. The quantitative estimate of drug-likeness (QED) is 0.487. The monoisotopic (exact) mass is 220 g/mol. The highest BCUT2D eigenvalue weighted by atomic mass is 35.5. The highest BCUT2D eigenvalue weighted by Crippen LogP contribution is 2.13. The first kappa shape index (κ1) is 8.10. The van der Waals surface area contributed by atoms with E-state index in [1.54, 1.807) is 0 Å². The summed E-state index contributed by atoms with van der Waals surface area (Å²) in [4.78, 5) is 12.0. The Bertz CT molecular complexity index is 345. The average Bonchev–Trinajstić information content (AvgIpc) is 2.29. The summed E-state index contributed by atoms with van der Waals surface area (Å²) in [5.41, 5.74) is 0. The molecule has 0 radical (unpaired) electrons. The lowest BCUT2D eigenvalue weighted by atomic mass is 10.2. The van der Waals surface area contributed by atoms with Gasteiger partial charge in [-0.2, -0.15) is 0 Å². The molecule has 0 aromatic carbocycles. The summed E-state index contributed by atoms with van der Waals surface area (Å²) in [6.45, 7) is 0. The SMILES string of the molecule is S=C1N=C(Cl)NC2=NC(Cl)=NC12. The molecule has 2 rings (SSSR count). The Morgan fingerprint density at radius 3 is 2.83 bits per heavy atom. The second-order valence-electron chi connectivity index (χ2n) is 2.16. The van der Waals surface area contributed by atoms with E-state index in [1.165, 1.54) is 0 Å². The van der Waals surface area contributed by atoms with E-state index in [0.717, 1.165) is 0 Å². The zero-order valence-corrected chi connectivity index (χ0v) is 7.91. The first-order chi connectivity index (χ1) is 5.66. The summed E-state index contributed by atoms with van der Waals surface area (Å²) < 4.78 is 0. The van der Waals surface area contributed by atoms with Crippen LogP contribution in [0.5, 0.6) is 0 Å². The van der Waals surface area contributed by atoms with Gasteiger partial charge in [0, 0.05) is 0 Å². The highest BCUT2D eigenvalue weighted by Gasteiger charge is 2.30. The number of fused-ring (bicyclic) bond motifs is 1. The number of hydrogen-bond donors (Lipinski definition) is 1. The van der Waals surface area contributed by atoms with Crippen LogP contribution in [0.4, 0.5) is 0 Å². The summed E-state index contributed by atoms with van der Waals surface area (Å²) in [5.74, 6) is 0.546. The van der Waals surface area contributed by atoms with Gasteiger partial charge < -0.3 is 5.32 Å². The zero-order valence-electron chi connectivity index (χ0n) is 5.58. The molecule has 1 N–H and O–H groups in total. The number of thiocarbonyl (C=S) groups is 1. The van der Waals surface area contributed by atoms with Gasteiger partial charge in [0.15, 0.2) is 6.04 Å². The number of hydrogen-bond acceptors (Lipinski definition) is 4. The third-order valence-electron chi connectivity index (χ3n) is 1.38. The van der Waals surface area contributed by atoms with Crippen LogP contribution >= 0.6 is 35.4 Å². The molecular formula is C5H2Cl2N4S. The molecule has 0 spiro atoms. The molecule has 4 nitrogen and oxygen atoms in total. The zero-order chi connectivity index (χ0) is 8.72. The molecule has 2 heterocycles. The lowest BCUT2D eigenvalue weighted by Crippen LogP contribution is -2.42. The molecule has 0 saturated heterocycles. The number of rotatable bonds is 0. The first-order valence-corrected chi connectivity index (χ1v) is 4.20. The maximum absolute atomic E-state index is 5.60. The molecule has 0 amide bonds. The van der Waals surface area contributed by atoms with Gasteiger partial charge in [-0.25, -0.2) is 15.0 Å². The van der Waals surface area contributed by atoms with Crippen molar-refractivity contribution >= 4 is 56.8 Å². The molecule has 0 aliphatic carbocycles. The minimum atomic E-state index is -0.352. The van der Waals surface area contributed by atoms with E-state index in [4.69, 9.17) is 35.4 Å². The molecule has 1 atom stereocenters. The van der Waals surface area contributed by atoms with E-state index in [2.05, 4.69) is 20.3 Å². The minimum Gasteiger partial charge on any atom is -0.316 e. The second-order valence-corrected chi connectivity index (χ2v) is 3.28. The van der Waals surface area contributed by atoms with Gasteiger partial charge in [-0.3, -0.25) is 0 Å². The Balaban J connectivity index is 2.40. The lowest BCUT2D eigenvalue weighted by molar-refractivity contribution is 1.10. The van der Waals surface area contributed by atoms with Crippen LogP contribution in [0.15, 0.2) is 15.0 Å². The van der Waals surface area contributed by atoms with Crippen LogP contribution in [0.25, 0.3) is 0 Å². The van der Waals surface area contributed by atoms with E-state index in [-0.39, 0.29) is 16.6 Å². The Hall–Kier alpha value is -0.520. The van der Waals surface area contributed by atoms with Crippen molar-refractivity contribution in [1.82, 2.24) is 5.32 Å². The van der Waals surface area contributed by atoms with Crippen LogP contribution in [0.2, 0.25) is 0 Å². The Labute approximate surface area is 83.4 Å². The van der Waals surface area contributed by atoms with Gasteiger partial charge in [0.1, 0.15) is 10.8 Å². The first-order valence-electron chi connectivity index (χ1n) is 3.04. The van der Waals surface area contributed by atoms with Crippen molar-refractivity contribution in [2.75, 3.05) is 0 Å². The van der Waals surface area contributed by atoms with Gasteiger partial charge in [0.05, 0.1) is 0 Å². The van der Waals surface area contributed by atoms with Crippen LogP contribution in [0.3, 0.4) is 0 Å². The Kier molecular flexibility index (Phi) is 1.86. The van der Waals surface area contributed by atoms with E-state index in [9.17, 15) is 0 Å². The average molecular weight is 221 g/mol. The van der Waals surface area contributed by atoms with Crippen molar-refractivity contribution in [3.05, 3.63) is 0 Å². The van der Waals surface area contributed by atoms with Crippen LogP contribution in [-0.4, -0.2) is 27.5 Å². The van der Waals surface area contributed by atoms with E-state index < -0.39 is 0 Å². The smallest absolute Gasteiger partial charge is 0.220 e. The number of aliphatic imine (C=N–C) groups is 3. The topological polar surface area (TPSA) is 49.1 Å². The molecule has 0 aromatic heterocycles. The fourth-order valence-corrected chi connectivity index (χ4v) is 1.60. The van der Waals surface area contributed by atoms with Crippen molar-refractivity contribution in [3.8, 4) is 0 Å². The number of nitrogens with one attached hydrogen (secondary N) is 1. The molecule has 0 bridgehead atoms. The maximum Gasteiger partial charge on any atom is 0.220 e. The Morgan fingerprint density at radius 1 is 1.33 bits per heavy atom. The van der Waals surface area contributed by atoms with Gasteiger partial charge in [0.2, 0.25) is 10.6 Å². The van der Waals surface area contributed by atoms with Gasteiger partial charge in [-0.15, -0.1) is 0 Å². The molecule has 62 valence electrons. The summed E-state index contributed by atoms with van der Waals surface area (Å²) in [6, 6.07) is -0.352. The molecular weight excluding hydrogens is 219 g/mol. The fraction of sp³-hybridized carbons (Fsp3) is 0.200. The number of amidine groups is 3. The van der Waals surface area contributed by atoms with Crippen molar-refractivity contribution in [3.63, 3.8) is 0 Å². The van der Waals surface area contributed by atoms with Crippen molar-refractivity contribution < 1.29 is 0 Å². The number of nitrogens with zero attached hydrogens (tertiary/aromatic N) is 3. The largest absolute Gasteiger partial charge is 0.316 e. The van der Waals surface area contributed by atoms with Crippen molar-refractivity contribution in [2.45, 2.75) is 6.04 Å². The van der Waals surface area contributed by atoms with Crippen LogP contribution in [0, 0.1) is 0 Å². The maximum atomic E-state index is 5.60. The van der Waals surface area contributed by atoms with Crippen molar-refractivity contribution in [1.29, 1.82) is 0 Å². The normalized spacial score (nSPS) is 27.0. The summed E-state index contributed by atoms with van der Waals surface area (Å²) in [6.07, 6.45) is 0. The molecule has 2 aliphatic rings. The van der Waals surface area contributed by atoms with E-state index >= 15 is 0 Å². The molecule has 1 unspecified atom stereocenters. The Morgan fingerprint density at radius 2 is 2.08 bits per heavy atom. The summed E-state index contributed by atoms with van der Waals surface area (Å²) in [5, 5.41) is 3.10. The third-order valence-corrected chi connectivity index (χ3v) is 2.06. The summed E-state index contributed by atoms with van der Waals surface area (Å²) in [7, 11) is 0. The van der Waals surface area contributed by atoms with Gasteiger partial charge >= 0.3 is 0 Å². The van der Waals surface area contributed by atoms with Crippen LogP contribution in [-0.2, 0) is 0 Å². The third kappa shape index (κ3) is 1.24. The molecule has 12 heavy (non-hydrogen) atoms. The lowest BCUT2D eigenvalue weighted by Gasteiger charge is -2.15. The highest BCUT2D eigenvalue weighted by molar-refractivity contribution is 7.80. The molecule has 7 heteroatoms. The molecule has 0 aromatic rings. The molecule has 2 aliphatic heterocycles. The number of halogens is 2. The minimum absolute atomic E-state index is 0.173. The second kappa shape index (κ2) is 2.76. The molecule has 0 fully saturated rings. The predicted octanol–water partition coefficient (Wildman–Crippen LogP) is 0.887.